The number of nitrogens with zero attached hydrogens (tertiary/aromatic N) is 2. The highest BCUT2D eigenvalue weighted by molar-refractivity contribution is 7.88. The molecule has 2 aliphatic rings. The Kier molecular flexibility index (Phi) is 4.12. The Balaban J connectivity index is 1.56. The molecule has 4 rings (SSSR count). The van der Waals surface area contributed by atoms with E-state index >= 15 is 0 Å². The minimum atomic E-state index is -3.35. The lowest BCUT2D eigenvalue weighted by molar-refractivity contribution is -0.146. The number of carbonyl (C=O) groups excluding carboxylic acids is 1. The number of piperazine rings is 1. The highest BCUT2D eigenvalue weighted by atomic mass is 32.2. The van der Waals surface area contributed by atoms with Crippen LogP contribution in [0.2, 0.25) is 0 Å². The number of hydrogen-bond donors (Lipinski definition) is 0. The van der Waals surface area contributed by atoms with Crippen LogP contribution in [0.25, 0.3) is 11.1 Å². The smallest absolute Gasteiger partial charge is 0.238 e. The van der Waals surface area contributed by atoms with Crippen molar-refractivity contribution in [2.24, 2.45) is 0 Å². The zero-order valence-corrected chi connectivity index (χ0v) is 15.7. The molecule has 2 aromatic rings. The van der Waals surface area contributed by atoms with Gasteiger partial charge < -0.3 is 4.90 Å². The molecule has 136 valence electrons. The number of sulfonamides is 1. The van der Waals surface area contributed by atoms with Crippen LogP contribution in [0.15, 0.2) is 48.5 Å². The molecule has 2 aliphatic heterocycles. The molecule has 6 heteroatoms. The van der Waals surface area contributed by atoms with Gasteiger partial charge in [0.05, 0.1) is 18.8 Å². The van der Waals surface area contributed by atoms with Crippen molar-refractivity contribution in [3.8, 4) is 11.1 Å². The fraction of sp³-hybridized carbons (Fsp3) is 0.350. The average molecular weight is 370 g/mol. The van der Waals surface area contributed by atoms with Gasteiger partial charge in [-0.15, -0.1) is 0 Å². The maximum Gasteiger partial charge on any atom is 0.238 e. The standard InChI is InChI=1S/C20H22N2O3S/c1-14-5-3-4-6-17(14)15-7-9-16(10-8-15)18-11-22-19(18)12-21(13-20(22)23)26(2,24)25/h3-10,18-19H,11-13H2,1-2H3/t18-,19+/m1/s1. The number of carbonyl (C=O) groups is 1. The number of hydrogen-bond acceptors (Lipinski definition) is 3. The predicted molar refractivity (Wildman–Crippen MR) is 101 cm³/mol. The summed E-state index contributed by atoms with van der Waals surface area (Å²) in [5, 5.41) is 0. The summed E-state index contributed by atoms with van der Waals surface area (Å²) in [6, 6.07) is 16.6. The largest absolute Gasteiger partial charge is 0.336 e. The first-order valence-electron chi connectivity index (χ1n) is 8.75. The number of rotatable bonds is 3. The van der Waals surface area contributed by atoms with Gasteiger partial charge in [0.2, 0.25) is 15.9 Å². The molecule has 2 aromatic carbocycles. The van der Waals surface area contributed by atoms with Crippen molar-refractivity contribution in [3.05, 3.63) is 59.7 Å². The summed E-state index contributed by atoms with van der Waals surface area (Å²) in [6.45, 7) is 3.12. The highest BCUT2D eigenvalue weighted by Crippen LogP contribution is 2.38. The van der Waals surface area contributed by atoms with Crippen LogP contribution in [0.4, 0.5) is 0 Å². The van der Waals surface area contributed by atoms with Crippen LogP contribution < -0.4 is 0 Å². The van der Waals surface area contributed by atoms with E-state index in [0.29, 0.717) is 13.1 Å². The number of aryl methyl sites for hydroxylation is 1. The van der Waals surface area contributed by atoms with Gasteiger partial charge in [-0.25, -0.2) is 8.42 Å². The molecule has 0 aromatic heterocycles. The van der Waals surface area contributed by atoms with Crippen LogP contribution >= 0.6 is 0 Å². The van der Waals surface area contributed by atoms with Crippen molar-refractivity contribution in [2.75, 3.05) is 25.9 Å². The molecular weight excluding hydrogens is 348 g/mol. The van der Waals surface area contributed by atoms with Gasteiger partial charge in [-0.2, -0.15) is 4.31 Å². The Morgan fingerprint density at radius 1 is 1.00 bits per heavy atom. The first-order valence-corrected chi connectivity index (χ1v) is 10.6. The van der Waals surface area contributed by atoms with Gasteiger partial charge in [0.25, 0.3) is 0 Å². The first-order chi connectivity index (χ1) is 12.3. The quantitative estimate of drug-likeness (QED) is 0.833. The van der Waals surface area contributed by atoms with E-state index < -0.39 is 10.0 Å². The van der Waals surface area contributed by atoms with Crippen molar-refractivity contribution < 1.29 is 13.2 Å². The molecule has 0 aliphatic carbocycles. The van der Waals surface area contributed by atoms with Crippen molar-refractivity contribution in [1.82, 2.24) is 9.21 Å². The summed E-state index contributed by atoms with van der Waals surface area (Å²) in [7, 11) is -3.35. The topological polar surface area (TPSA) is 57.7 Å². The van der Waals surface area contributed by atoms with Crippen molar-refractivity contribution in [2.45, 2.75) is 18.9 Å². The molecule has 2 atom stereocenters. The SMILES string of the molecule is Cc1ccccc1-c1ccc([C@H]2CN3C(=O)CN(S(C)(=O)=O)C[C@@H]23)cc1. The molecule has 0 bridgehead atoms. The van der Waals surface area contributed by atoms with Crippen LogP contribution in [0.1, 0.15) is 17.0 Å². The minimum absolute atomic E-state index is 0.0335. The summed E-state index contributed by atoms with van der Waals surface area (Å²) < 4.78 is 25.0. The van der Waals surface area contributed by atoms with Gasteiger partial charge in [-0.1, -0.05) is 48.5 Å². The van der Waals surface area contributed by atoms with Crippen LogP contribution in [0.5, 0.6) is 0 Å². The van der Waals surface area contributed by atoms with Gasteiger partial charge in [0.1, 0.15) is 0 Å². The van der Waals surface area contributed by atoms with Gasteiger partial charge in [0, 0.05) is 19.0 Å². The third-order valence-electron chi connectivity index (χ3n) is 5.54. The fourth-order valence-corrected chi connectivity index (χ4v) is 4.73. The van der Waals surface area contributed by atoms with E-state index in [1.807, 2.05) is 17.0 Å². The molecule has 0 saturated carbocycles. The third-order valence-corrected chi connectivity index (χ3v) is 6.76. The number of benzene rings is 2. The first kappa shape index (κ1) is 17.2. The maximum atomic E-state index is 12.2. The van der Waals surface area contributed by atoms with E-state index in [1.165, 1.54) is 27.3 Å². The van der Waals surface area contributed by atoms with Crippen LogP contribution in [-0.2, 0) is 14.8 Å². The Morgan fingerprint density at radius 3 is 2.35 bits per heavy atom. The average Bonchev–Trinajstić information content (AvgIpc) is 2.57. The summed E-state index contributed by atoms with van der Waals surface area (Å²) in [5.41, 5.74) is 4.77. The monoisotopic (exact) mass is 370 g/mol. The van der Waals surface area contributed by atoms with Gasteiger partial charge in [0.15, 0.2) is 0 Å². The van der Waals surface area contributed by atoms with E-state index in [1.54, 1.807) is 0 Å². The maximum absolute atomic E-state index is 12.2. The van der Waals surface area contributed by atoms with Gasteiger partial charge in [-0.05, 0) is 29.2 Å². The van der Waals surface area contributed by atoms with E-state index in [0.717, 1.165) is 5.56 Å². The van der Waals surface area contributed by atoms with Crippen LogP contribution in [0, 0.1) is 6.92 Å². The zero-order chi connectivity index (χ0) is 18.5. The lowest BCUT2D eigenvalue weighted by Gasteiger charge is -2.53. The molecular formula is C20H22N2O3S. The second-order valence-corrected chi connectivity index (χ2v) is 9.19. The molecule has 0 N–H and O–H groups in total. The Morgan fingerprint density at radius 2 is 1.69 bits per heavy atom. The number of amides is 1. The Labute approximate surface area is 154 Å². The minimum Gasteiger partial charge on any atom is -0.336 e. The lowest BCUT2D eigenvalue weighted by atomic mass is 9.80. The van der Waals surface area contributed by atoms with Crippen LogP contribution in [0.3, 0.4) is 0 Å². The Hall–Kier alpha value is -2.18. The Bertz CT molecular complexity index is 953. The molecule has 2 fully saturated rings. The second kappa shape index (κ2) is 6.21. The van der Waals surface area contributed by atoms with Crippen molar-refractivity contribution in [3.63, 3.8) is 0 Å². The summed E-state index contributed by atoms with van der Waals surface area (Å²) in [4.78, 5) is 14.0. The van der Waals surface area contributed by atoms with Gasteiger partial charge in [-0.3, -0.25) is 4.79 Å². The molecule has 1 amide bonds. The van der Waals surface area contributed by atoms with Crippen LogP contribution in [-0.4, -0.2) is 55.5 Å². The zero-order valence-electron chi connectivity index (χ0n) is 14.9. The highest BCUT2D eigenvalue weighted by Gasteiger charge is 2.48. The summed E-state index contributed by atoms with van der Waals surface area (Å²) >= 11 is 0. The number of fused-ring (bicyclic) bond motifs is 1. The predicted octanol–water partition coefficient (Wildman–Crippen LogP) is 2.23. The normalized spacial score (nSPS) is 23.5. The molecule has 2 heterocycles. The summed E-state index contributed by atoms with van der Waals surface area (Å²) in [6.07, 6.45) is 1.17. The summed E-state index contributed by atoms with van der Waals surface area (Å²) in [5.74, 6) is 0.0916. The molecule has 0 radical (unpaired) electrons. The van der Waals surface area contributed by atoms with E-state index in [9.17, 15) is 13.2 Å². The molecule has 2 saturated heterocycles. The van der Waals surface area contributed by atoms with E-state index in [2.05, 4.69) is 43.3 Å². The van der Waals surface area contributed by atoms with Crippen molar-refractivity contribution in [1.29, 1.82) is 0 Å². The van der Waals surface area contributed by atoms with Crippen molar-refractivity contribution >= 4 is 15.9 Å². The molecule has 0 spiro atoms. The lowest BCUT2D eigenvalue weighted by Crippen LogP contribution is -2.67. The molecule has 5 nitrogen and oxygen atoms in total. The second-order valence-electron chi connectivity index (χ2n) is 7.21. The molecule has 26 heavy (non-hydrogen) atoms. The van der Waals surface area contributed by atoms with E-state index in [-0.39, 0.29) is 24.4 Å². The fourth-order valence-electron chi connectivity index (χ4n) is 3.96. The van der Waals surface area contributed by atoms with E-state index in [4.69, 9.17) is 0 Å². The van der Waals surface area contributed by atoms with Gasteiger partial charge >= 0.3 is 0 Å². The third kappa shape index (κ3) is 2.93. The molecule has 0 unspecified atom stereocenters.